The fourth-order valence-electron chi connectivity index (χ4n) is 1.60. The molecule has 90 valence electrons. The van der Waals surface area contributed by atoms with Crippen LogP contribution in [0.3, 0.4) is 0 Å². The van der Waals surface area contributed by atoms with E-state index >= 15 is 0 Å². The van der Waals surface area contributed by atoms with Crippen molar-refractivity contribution in [3.05, 3.63) is 47.8 Å². The fraction of sp³-hybridized carbons (Fsp3) is 0.333. The van der Waals surface area contributed by atoms with Gasteiger partial charge in [0.1, 0.15) is 18.0 Å². The second-order valence-corrected chi connectivity index (χ2v) is 3.82. The molecule has 0 bridgehead atoms. The van der Waals surface area contributed by atoms with E-state index in [1.807, 2.05) is 13.1 Å². The third-order valence-electron chi connectivity index (χ3n) is 2.62. The number of aryl methyl sites for hydroxylation is 1. The van der Waals surface area contributed by atoms with Gasteiger partial charge in [-0.15, -0.1) is 0 Å². The minimum absolute atomic E-state index is 0.145. The molecule has 0 aliphatic heterocycles. The second kappa shape index (κ2) is 5.54. The van der Waals surface area contributed by atoms with Crippen LogP contribution < -0.4 is 5.32 Å². The van der Waals surface area contributed by atoms with Gasteiger partial charge < -0.3 is 5.32 Å². The van der Waals surface area contributed by atoms with Gasteiger partial charge in [-0.25, -0.2) is 9.37 Å². The highest BCUT2D eigenvalue weighted by molar-refractivity contribution is 5.17. The molecule has 1 aromatic heterocycles. The molecule has 5 heteroatoms. The molecule has 0 radical (unpaired) electrons. The van der Waals surface area contributed by atoms with Crippen molar-refractivity contribution < 1.29 is 4.39 Å². The number of rotatable bonds is 5. The number of benzene rings is 1. The number of nitrogens with one attached hydrogen (secondary N) is 1. The standard InChI is InChI=1S/C12H15FN4/c1-17-12(15-9-16-17)8-14-7-6-10-4-2-3-5-11(10)13/h2-5,9,14H,6-8H2,1H3. The quantitative estimate of drug-likeness (QED) is 0.793. The van der Waals surface area contributed by atoms with Crippen LogP contribution in [-0.2, 0) is 20.0 Å². The summed E-state index contributed by atoms with van der Waals surface area (Å²) in [5.74, 6) is 0.728. The monoisotopic (exact) mass is 234 g/mol. The molecule has 0 aliphatic rings. The Balaban J connectivity index is 1.77. The first-order chi connectivity index (χ1) is 8.27. The Labute approximate surface area is 99.5 Å². The first kappa shape index (κ1) is 11.7. The van der Waals surface area contributed by atoms with Gasteiger partial charge in [-0.3, -0.25) is 4.68 Å². The number of aromatic nitrogens is 3. The maximum Gasteiger partial charge on any atom is 0.140 e. The van der Waals surface area contributed by atoms with Crippen molar-refractivity contribution in [3.8, 4) is 0 Å². The van der Waals surface area contributed by atoms with E-state index in [4.69, 9.17) is 0 Å². The molecule has 1 N–H and O–H groups in total. The molecular weight excluding hydrogens is 219 g/mol. The average molecular weight is 234 g/mol. The SMILES string of the molecule is Cn1ncnc1CNCCc1ccccc1F. The van der Waals surface area contributed by atoms with Crippen molar-refractivity contribution in [2.45, 2.75) is 13.0 Å². The van der Waals surface area contributed by atoms with Gasteiger partial charge in [-0.05, 0) is 24.6 Å². The summed E-state index contributed by atoms with van der Waals surface area (Å²) < 4.78 is 15.0. The van der Waals surface area contributed by atoms with Crippen LogP contribution in [0.4, 0.5) is 4.39 Å². The molecule has 17 heavy (non-hydrogen) atoms. The molecule has 2 aromatic rings. The molecule has 0 aliphatic carbocycles. The Morgan fingerprint density at radius 3 is 2.88 bits per heavy atom. The Bertz CT molecular complexity index is 481. The minimum atomic E-state index is -0.145. The van der Waals surface area contributed by atoms with Gasteiger partial charge in [0.2, 0.25) is 0 Å². The maximum atomic E-state index is 13.3. The van der Waals surface area contributed by atoms with E-state index in [-0.39, 0.29) is 5.82 Å². The number of nitrogens with zero attached hydrogens (tertiary/aromatic N) is 3. The lowest BCUT2D eigenvalue weighted by Gasteiger charge is -2.05. The lowest BCUT2D eigenvalue weighted by Crippen LogP contribution is -2.19. The summed E-state index contributed by atoms with van der Waals surface area (Å²) in [4.78, 5) is 4.09. The summed E-state index contributed by atoms with van der Waals surface area (Å²) in [6.07, 6.45) is 2.19. The fourth-order valence-corrected chi connectivity index (χ4v) is 1.60. The van der Waals surface area contributed by atoms with Crippen LogP contribution in [-0.4, -0.2) is 21.3 Å². The summed E-state index contributed by atoms with van der Waals surface area (Å²) in [5.41, 5.74) is 0.734. The Hall–Kier alpha value is -1.75. The van der Waals surface area contributed by atoms with Gasteiger partial charge in [0, 0.05) is 7.05 Å². The van der Waals surface area contributed by atoms with Crippen LogP contribution in [0.25, 0.3) is 0 Å². The lowest BCUT2D eigenvalue weighted by molar-refractivity contribution is 0.585. The molecule has 1 heterocycles. The normalized spacial score (nSPS) is 10.7. The average Bonchev–Trinajstić information content (AvgIpc) is 2.73. The highest BCUT2D eigenvalue weighted by atomic mass is 19.1. The Kier molecular flexibility index (Phi) is 3.82. The summed E-state index contributed by atoms with van der Waals surface area (Å²) in [6, 6.07) is 6.84. The maximum absolute atomic E-state index is 13.3. The smallest absolute Gasteiger partial charge is 0.140 e. The van der Waals surface area contributed by atoms with E-state index in [1.54, 1.807) is 16.8 Å². The highest BCUT2D eigenvalue weighted by Gasteiger charge is 2.01. The van der Waals surface area contributed by atoms with Crippen molar-refractivity contribution in [2.24, 2.45) is 7.05 Å². The summed E-state index contributed by atoms with van der Waals surface area (Å²) in [6.45, 7) is 1.36. The number of hydrogen-bond donors (Lipinski definition) is 1. The topological polar surface area (TPSA) is 42.7 Å². The first-order valence-electron chi connectivity index (χ1n) is 5.54. The Morgan fingerprint density at radius 2 is 2.18 bits per heavy atom. The first-order valence-corrected chi connectivity index (χ1v) is 5.54. The van der Waals surface area contributed by atoms with Crippen LogP contribution in [0.1, 0.15) is 11.4 Å². The summed E-state index contributed by atoms with van der Waals surface area (Å²) >= 11 is 0. The van der Waals surface area contributed by atoms with E-state index < -0.39 is 0 Å². The summed E-state index contributed by atoms with van der Waals surface area (Å²) in [7, 11) is 1.85. The van der Waals surface area contributed by atoms with E-state index in [9.17, 15) is 4.39 Å². The van der Waals surface area contributed by atoms with E-state index in [0.29, 0.717) is 19.5 Å². The van der Waals surface area contributed by atoms with Gasteiger partial charge in [0.25, 0.3) is 0 Å². The molecule has 0 saturated carbocycles. The molecule has 0 unspecified atom stereocenters. The van der Waals surface area contributed by atoms with Crippen LogP contribution in [0.5, 0.6) is 0 Å². The number of hydrogen-bond acceptors (Lipinski definition) is 3. The van der Waals surface area contributed by atoms with Crippen LogP contribution >= 0.6 is 0 Å². The molecular formula is C12H15FN4. The van der Waals surface area contributed by atoms with E-state index in [0.717, 1.165) is 11.4 Å². The molecule has 1 aromatic carbocycles. The molecule has 0 fully saturated rings. The van der Waals surface area contributed by atoms with E-state index in [1.165, 1.54) is 12.4 Å². The number of halogens is 1. The second-order valence-electron chi connectivity index (χ2n) is 3.82. The van der Waals surface area contributed by atoms with Gasteiger partial charge >= 0.3 is 0 Å². The lowest BCUT2D eigenvalue weighted by atomic mass is 10.1. The molecule has 2 rings (SSSR count). The molecule has 4 nitrogen and oxygen atoms in total. The van der Waals surface area contributed by atoms with E-state index in [2.05, 4.69) is 15.4 Å². The zero-order valence-corrected chi connectivity index (χ0v) is 9.73. The van der Waals surface area contributed by atoms with Crippen molar-refractivity contribution in [1.82, 2.24) is 20.1 Å². The molecule has 0 atom stereocenters. The van der Waals surface area contributed by atoms with Crippen molar-refractivity contribution in [1.29, 1.82) is 0 Å². The predicted molar refractivity (Wildman–Crippen MR) is 62.8 cm³/mol. The zero-order valence-electron chi connectivity index (χ0n) is 9.73. The van der Waals surface area contributed by atoms with Crippen molar-refractivity contribution in [3.63, 3.8) is 0 Å². The van der Waals surface area contributed by atoms with Gasteiger partial charge in [-0.2, -0.15) is 5.10 Å². The highest BCUT2D eigenvalue weighted by Crippen LogP contribution is 2.06. The molecule has 0 saturated heterocycles. The summed E-state index contributed by atoms with van der Waals surface area (Å²) in [5, 5.41) is 7.19. The predicted octanol–water partition coefficient (Wildman–Crippen LogP) is 1.29. The third-order valence-corrected chi connectivity index (χ3v) is 2.62. The van der Waals surface area contributed by atoms with Gasteiger partial charge in [0.15, 0.2) is 0 Å². The molecule has 0 spiro atoms. The Morgan fingerprint density at radius 1 is 1.35 bits per heavy atom. The zero-order chi connectivity index (χ0) is 12.1. The minimum Gasteiger partial charge on any atom is -0.310 e. The van der Waals surface area contributed by atoms with Gasteiger partial charge in [0.05, 0.1) is 6.54 Å². The molecule has 0 amide bonds. The largest absolute Gasteiger partial charge is 0.310 e. The van der Waals surface area contributed by atoms with Crippen LogP contribution in [0.15, 0.2) is 30.6 Å². The van der Waals surface area contributed by atoms with Crippen molar-refractivity contribution in [2.75, 3.05) is 6.54 Å². The van der Waals surface area contributed by atoms with Crippen LogP contribution in [0.2, 0.25) is 0 Å². The van der Waals surface area contributed by atoms with Gasteiger partial charge in [-0.1, -0.05) is 18.2 Å². The third kappa shape index (κ3) is 3.10. The van der Waals surface area contributed by atoms with Crippen molar-refractivity contribution >= 4 is 0 Å². The van der Waals surface area contributed by atoms with Crippen LogP contribution in [0, 0.1) is 5.82 Å².